The molecule has 2 aliphatic heterocycles. The summed E-state index contributed by atoms with van der Waals surface area (Å²) in [5.74, 6) is 0.976. The monoisotopic (exact) mass is 314 g/mol. The molecule has 0 unspecified atom stereocenters. The normalized spacial score (nSPS) is 11.8. The average molecular weight is 314 g/mol. The zero-order chi connectivity index (χ0) is 16.2. The van der Waals surface area contributed by atoms with Gasteiger partial charge in [-0.05, 0) is 25.6 Å². The number of benzene rings is 1. The van der Waals surface area contributed by atoms with Gasteiger partial charge in [-0.2, -0.15) is 0 Å². The molecule has 0 aliphatic carbocycles. The van der Waals surface area contributed by atoms with E-state index in [1.807, 2.05) is 25.1 Å². The highest BCUT2D eigenvalue weighted by atomic mass is 16.5. The Bertz CT molecular complexity index is 752. The SMILES string of the molecule is CCN(CC)CCOCc1nnc2c3cccc(C)c3nc-2o1. The minimum Gasteiger partial charge on any atom is -0.418 e. The van der Waals surface area contributed by atoms with Crippen molar-refractivity contribution >= 4 is 10.9 Å². The maximum Gasteiger partial charge on any atom is 0.250 e. The molecule has 0 amide bonds. The smallest absolute Gasteiger partial charge is 0.250 e. The van der Waals surface area contributed by atoms with E-state index >= 15 is 0 Å². The Labute approximate surface area is 135 Å². The second-order valence-corrected chi connectivity index (χ2v) is 5.51. The fourth-order valence-corrected chi connectivity index (χ4v) is 2.63. The summed E-state index contributed by atoms with van der Waals surface area (Å²) in [6.45, 7) is 10.2. The Morgan fingerprint density at radius 1 is 1.17 bits per heavy atom. The summed E-state index contributed by atoms with van der Waals surface area (Å²) in [5, 5.41) is 9.36. The van der Waals surface area contributed by atoms with Crippen LogP contribution >= 0.6 is 0 Å². The highest BCUT2D eigenvalue weighted by Gasteiger charge is 2.18. The molecule has 1 aromatic rings. The van der Waals surface area contributed by atoms with Crippen LogP contribution < -0.4 is 0 Å². The Balaban J connectivity index is 1.70. The molecule has 0 bridgehead atoms. The number of likely N-dealkylation sites (N-methyl/N-ethyl adjacent to an activating group) is 1. The fraction of sp³-hybridized carbons (Fsp3) is 0.471. The summed E-state index contributed by atoms with van der Waals surface area (Å²) in [6.07, 6.45) is 0. The number of aromatic nitrogens is 3. The number of aryl methyl sites for hydroxylation is 1. The molecule has 0 radical (unpaired) electrons. The number of ether oxygens (including phenoxy) is 1. The summed E-state index contributed by atoms with van der Waals surface area (Å²) in [7, 11) is 0. The topological polar surface area (TPSA) is 64.3 Å². The second-order valence-electron chi connectivity index (χ2n) is 5.51. The van der Waals surface area contributed by atoms with Crippen LogP contribution in [0.4, 0.5) is 0 Å². The summed E-state index contributed by atoms with van der Waals surface area (Å²) >= 11 is 0. The maximum absolute atomic E-state index is 5.74. The van der Waals surface area contributed by atoms with Gasteiger partial charge in [0.15, 0.2) is 5.69 Å². The van der Waals surface area contributed by atoms with Crippen molar-refractivity contribution in [1.82, 2.24) is 20.1 Å². The third kappa shape index (κ3) is 3.33. The number of para-hydroxylation sites is 1. The molecule has 0 atom stereocenters. The van der Waals surface area contributed by atoms with Gasteiger partial charge in [-0.15, -0.1) is 10.2 Å². The molecule has 2 heterocycles. The molecule has 0 aromatic heterocycles. The predicted octanol–water partition coefficient (Wildman–Crippen LogP) is 2.89. The minimum absolute atomic E-state index is 0.312. The van der Waals surface area contributed by atoms with Gasteiger partial charge in [-0.3, -0.25) is 0 Å². The van der Waals surface area contributed by atoms with Gasteiger partial charge in [0.2, 0.25) is 11.8 Å². The van der Waals surface area contributed by atoms with E-state index in [1.54, 1.807) is 0 Å². The van der Waals surface area contributed by atoms with E-state index in [0.717, 1.165) is 36.1 Å². The Morgan fingerprint density at radius 3 is 2.78 bits per heavy atom. The highest BCUT2D eigenvalue weighted by Crippen LogP contribution is 2.30. The minimum atomic E-state index is 0.312. The predicted molar refractivity (Wildman–Crippen MR) is 88.4 cm³/mol. The van der Waals surface area contributed by atoms with Crippen molar-refractivity contribution in [1.29, 1.82) is 0 Å². The van der Waals surface area contributed by atoms with E-state index in [4.69, 9.17) is 9.15 Å². The molecule has 0 spiro atoms. The fourth-order valence-electron chi connectivity index (χ4n) is 2.63. The molecule has 0 fully saturated rings. The zero-order valence-electron chi connectivity index (χ0n) is 13.9. The van der Waals surface area contributed by atoms with E-state index in [1.165, 1.54) is 0 Å². The van der Waals surface area contributed by atoms with Crippen molar-refractivity contribution < 1.29 is 9.15 Å². The van der Waals surface area contributed by atoms with E-state index in [0.29, 0.717) is 30.7 Å². The van der Waals surface area contributed by atoms with E-state index < -0.39 is 0 Å². The summed E-state index contributed by atoms with van der Waals surface area (Å²) < 4.78 is 11.4. The van der Waals surface area contributed by atoms with Crippen LogP contribution in [0.5, 0.6) is 0 Å². The number of hydrogen-bond acceptors (Lipinski definition) is 6. The van der Waals surface area contributed by atoms with Crippen LogP contribution in [0.3, 0.4) is 0 Å². The van der Waals surface area contributed by atoms with Crippen LogP contribution in [0.15, 0.2) is 22.6 Å². The van der Waals surface area contributed by atoms with Gasteiger partial charge < -0.3 is 14.1 Å². The van der Waals surface area contributed by atoms with Crippen molar-refractivity contribution in [2.45, 2.75) is 27.4 Å². The van der Waals surface area contributed by atoms with Crippen LogP contribution in [0.2, 0.25) is 0 Å². The lowest BCUT2D eigenvalue weighted by Crippen LogP contribution is -2.27. The number of fused-ring (bicyclic) bond motifs is 3. The lowest BCUT2D eigenvalue weighted by Gasteiger charge is -2.17. The van der Waals surface area contributed by atoms with Crippen molar-refractivity contribution in [3.63, 3.8) is 0 Å². The maximum atomic E-state index is 5.74. The summed E-state index contributed by atoms with van der Waals surface area (Å²) in [5.41, 5.74) is 2.73. The van der Waals surface area contributed by atoms with E-state index in [9.17, 15) is 0 Å². The summed E-state index contributed by atoms with van der Waals surface area (Å²) in [6, 6.07) is 6.01. The molecule has 0 saturated heterocycles. The molecule has 1 aromatic carbocycles. The first-order valence-electron chi connectivity index (χ1n) is 8.04. The van der Waals surface area contributed by atoms with Crippen LogP contribution in [-0.2, 0) is 11.3 Å². The molecule has 122 valence electrons. The Hall–Kier alpha value is -2.05. The van der Waals surface area contributed by atoms with Gasteiger partial charge in [-0.25, -0.2) is 4.98 Å². The van der Waals surface area contributed by atoms with Gasteiger partial charge in [0.1, 0.15) is 6.61 Å². The average Bonchev–Trinajstić information content (AvgIpc) is 2.94. The molecule has 6 heteroatoms. The quantitative estimate of drug-likeness (QED) is 0.625. The summed E-state index contributed by atoms with van der Waals surface area (Å²) in [4.78, 5) is 6.83. The Morgan fingerprint density at radius 2 is 2.00 bits per heavy atom. The molecule has 0 N–H and O–H groups in total. The first kappa shape index (κ1) is 15.8. The number of hydrogen-bond donors (Lipinski definition) is 0. The van der Waals surface area contributed by atoms with Crippen molar-refractivity contribution in [2.24, 2.45) is 0 Å². The van der Waals surface area contributed by atoms with Crippen LogP contribution in [0.1, 0.15) is 25.3 Å². The van der Waals surface area contributed by atoms with Crippen molar-refractivity contribution in [3.8, 4) is 11.6 Å². The Kier molecular flexibility index (Phi) is 4.83. The zero-order valence-corrected chi connectivity index (χ0v) is 13.9. The lowest BCUT2D eigenvalue weighted by molar-refractivity contribution is 0.0792. The van der Waals surface area contributed by atoms with Crippen LogP contribution in [-0.4, -0.2) is 46.3 Å². The van der Waals surface area contributed by atoms with Crippen LogP contribution in [0.25, 0.3) is 22.5 Å². The molecular formula is C17H22N4O2. The van der Waals surface area contributed by atoms with Gasteiger partial charge >= 0.3 is 0 Å². The third-order valence-corrected chi connectivity index (χ3v) is 4.06. The number of nitrogens with zero attached hydrogens (tertiary/aromatic N) is 4. The molecular weight excluding hydrogens is 292 g/mol. The highest BCUT2D eigenvalue weighted by molar-refractivity contribution is 5.95. The third-order valence-electron chi connectivity index (χ3n) is 4.06. The van der Waals surface area contributed by atoms with E-state index in [2.05, 4.69) is 33.9 Å². The molecule has 2 aliphatic rings. The lowest BCUT2D eigenvalue weighted by atomic mass is 10.1. The largest absolute Gasteiger partial charge is 0.418 e. The van der Waals surface area contributed by atoms with Crippen LogP contribution in [0, 0.1) is 6.92 Å². The molecule has 23 heavy (non-hydrogen) atoms. The first-order chi connectivity index (χ1) is 11.2. The van der Waals surface area contributed by atoms with E-state index in [-0.39, 0.29) is 0 Å². The van der Waals surface area contributed by atoms with Crippen molar-refractivity contribution in [2.75, 3.05) is 26.2 Å². The standard InChI is InChI=1S/C17H22N4O2/c1-4-21(5-2)9-10-22-11-14-19-20-16-13-8-6-7-12(3)15(13)18-17(16)23-14/h6-8H,4-5,9-11H2,1-3H3. The second kappa shape index (κ2) is 7.02. The number of rotatable bonds is 7. The molecule has 0 saturated carbocycles. The molecule has 3 rings (SSSR count). The van der Waals surface area contributed by atoms with Gasteiger partial charge in [0.25, 0.3) is 0 Å². The van der Waals surface area contributed by atoms with Crippen molar-refractivity contribution in [3.05, 3.63) is 29.7 Å². The molecule has 6 nitrogen and oxygen atoms in total. The van der Waals surface area contributed by atoms with Gasteiger partial charge in [-0.1, -0.05) is 32.0 Å². The van der Waals surface area contributed by atoms with Gasteiger partial charge in [0, 0.05) is 11.9 Å². The first-order valence-corrected chi connectivity index (χ1v) is 8.04. The van der Waals surface area contributed by atoms with Gasteiger partial charge in [0.05, 0.1) is 12.1 Å².